The SMILES string of the molecule is CCC(Nc1ccc(C#N)c(F)c1F)c1nccs1. The Labute approximate surface area is 113 Å². The fourth-order valence-corrected chi connectivity index (χ4v) is 2.45. The van der Waals surface area contributed by atoms with Gasteiger partial charge in [0.25, 0.3) is 0 Å². The highest BCUT2D eigenvalue weighted by atomic mass is 32.1. The van der Waals surface area contributed by atoms with E-state index in [4.69, 9.17) is 5.26 Å². The largest absolute Gasteiger partial charge is 0.373 e. The van der Waals surface area contributed by atoms with Crippen LogP contribution in [-0.4, -0.2) is 4.98 Å². The van der Waals surface area contributed by atoms with Gasteiger partial charge in [-0.3, -0.25) is 0 Å². The maximum Gasteiger partial charge on any atom is 0.183 e. The number of benzene rings is 1. The number of hydrogen-bond donors (Lipinski definition) is 1. The summed E-state index contributed by atoms with van der Waals surface area (Å²) in [7, 11) is 0. The number of thiazole rings is 1. The third-order valence-electron chi connectivity index (χ3n) is 2.69. The highest BCUT2D eigenvalue weighted by Crippen LogP contribution is 2.27. The van der Waals surface area contributed by atoms with Gasteiger partial charge in [-0.15, -0.1) is 11.3 Å². The molecule has 0 bridgehead atoms. The Bertz CT molecular complexity index is 605. The molecule has 0 saturated carbocycles. The Balaban J connectivity index is 2.29. The third kappa shape index (κ3) is 2.71. The van der Waals surface area contributed by atoms with E-state index in [1.165, 1.54) is 23.5 Å². The molecule has 3 nitrogen and oxygen atoms in total. The smallest absolute Gasteiger partial charge is 0.183 e. The summed E-state index contributed by atoms with van der Waals surface area (Å²) < 4.78 is 27.3. The van der Waals surface area contributed by atoms with Gasteiger partial charge in [-0.05, 0) is 18.6 Å². The van der Waals surface area contributed by atoms with E-state index in [0.717, 1.165) is 5.01 Å². The highest BCUT2D eigenvalue weighted by Gasteiger charge is 2.17. The Morgan fingerprint density at radius 2 is 2.21 bits per heavy atom. The van der Waals surface area contributed by atoms with Crippen LogP contribution in [0.3, 0.4) is 0 Å². The first-order chi connectivity index (χ1) is 9.17. The van der Waals surface area contributed by atoms with Gasteiger partial charge < -0.3 is 5.32 Å². The van der Waals surface area contributed by atoms with Crippen LogP contribution in [-0.2, 0) is 0 Å². The van der Waals surface area contributed by atoms with Gasteiger partial charge in [0, 0.05) is 11.6 Å². The van der Waals surface area contributed by atoms with Crippen LogP contribution in [0.25, 0.3) is 0 Å². The third-order valence-corrected chi connectivity index (χ3v) is 3.58. The second kappa shape index (κ2) is 5.76. The number of anilines is 1. The minimum Gasteiger partial charge on any atom is -0.373 e. The van der Waals surface area contributed by atoms with Crippen LogP contribution in [0.4, 0.5) is 14.5 Å². The topological polar surface area (TPSA) is 48.7 Å². The predicted molar refractivity (Wildman–Crippen MR) is 69.8 cm³/mol. The minimum absolute atomic E-state index is 0.0403. The molecule has 1 aromatic heterocycles. The van der Waals surface area contributed by atoms with Crippen molar-refractivity contribution < 1.29 is 8.78 Å². The van der Waals surface area contributed by atoms with Gasteiger partial charge in [0.2, 0.25) is 0 Å². The van der Waals surface area contributed by atoms with E-state index < -0.39 is 11.6 Å². The first kappa shape index (κ1) is 13.4. The number of nitrogens with zero attached hydrogens (tertiary/aromatic N) is 2. The second-order valence-electron chi connectivity index (χ2n) is 3.88. The van der Waals surface area contributed by atoms with Gasteiger partial charge in [0.05, 0.1) is 17.3 Å². The zero-order chi connectivity index (χ0) is 13.8. The second-order valence-corrected chi connectivity index (χ2v) is 4.80. The molecule has 2 aromatic rings. The molecule has 0 spiro atoms. The van der Waals surface area contributed by atoms with Crippen LogP contribution in [0.5, 0.6) is 0 Å². The van der Waals surface area contributed by atoms with E-state index in [0.29, 0.717) is 6.42 Å². The summed E-state index contributed by atoms with van der Waals surface area (Å²) in [6.07, 6.45) is 2.36. The van der Waals surface area contributed by atoms with Crippen molar-refractivity contribution in [2.75, 3.05) is 5.32 Å². The molecule has 1 heterocycles. The minimum atomic E-state index is -1.12. The van der Waals surface area contributed by atoms with Crippen molar-refractivity contribution >= 4 is 17.0 Å². The highest BCUT2D eigenvalue weighted by molar-refractivity contribution is 7.09. The molecule has 1 unspecified atom stereocenters. The van der Waals surface area contributed by atoms with Crippen LogP contribution in [0.1, 0.15) is 30.0 Å². The quantitative estimate of drug-likeness (QED) is 0.924. The molecule has 2 rings (SSSR count). The Kier molecular flexibility index (Phi) is 4.07. The Hall–Kier alpha value is -2.00. The van der Waals surface area contributed by atoms with E-state index in [9.17, 15) is 8.78 Å². The van der Waals surface area contributed by atoms with Crippen molar-refractivity contribution in [3.8, 4) is 6.07 Å². The number of rotatable bonds is 4. The van der Waals surface area contributed by atoms with E-state index in [-0.39, 0.29) is 17.3 Å². The van der Waals surface area contributed by atoms with E-state index in [1.54, 1.807) is 12.3 Å². The summed E-state index contributed by atoms with van der Waals surface area (Å²) >= 11 is 1.45. The molecule has 0 aliphatic rings. The van der Waals surface area contributed by atoms with Gasteiger partial charge in [-0.25, -0.2) is 13.8 Å². The molecule has 0 fully saturated rings. The molecule has 1 atom stereocenters. The van der Waals surface area contributed by atoms with Crippen molar-refractivity contribution in [3.63, 3.8) is 0 Å². The molecule has 0 saturated heterocycles. The van der Waals surface area contributed by atoms with E-state index >= 15 is 0 Å². The summed E-state index contributed by atoms with van der Waals surface area (Å²) in [5.41, 5.74) is -0.260. The van der Waals surface area contributed by atoms with E-state index in [1.807, 2.05) is 12.3 Å². The molecule has 6 heteroatoms. The number of aromatic nitrogens is 1. The van der Waals surface area contributed by atoms with Crippen LogP contribution in [0, 0.1) is 23.0 Å². The summed E-state index contributed by atoms with van der Waals surface area (Å²) in [5.74, 6) is -2.16. The first-order valence-electron chi connectivity index (χ1n) is 5.71. The standard InChI is InChI=1S/C13H11F2N3S/c1-2-9(13-17-5-6-19-13)18-10-4-3-8(7-16)11(14)12(10)15/h3-6,9,18H,2H2,1H3. The predicted octanol–water partition coefficient (Wildman–Crippen LogP) is 3.86. The Morgan fingerprint density at radius 3 is 2.79 bits per heavy atom. The molecule has 1 aromatic carbocycles. The van der Waals surface area contributed by atoms with Crippen molar-refractivity contribution in [1.82, 2.24) is 4.98 Å². The fraction of sp³-hybridized carbons (Fsp3) is 0.231. The molecule has 0 amide bonds. The normalized spacial score (nSPS) is 11.9. The fourth-order valence-electron chi connectivity index (χ4n) is 1.68. The van der Waals surface area contributed by atoms with Gasteiger partial charge in [-0.1, -0.05) is 6.92 Å². The lowest BCUT2D eigenvalue weighted by atomic mass is 10.1. The van der Waals surface area contributed by atoms with Crippen molar-refractivity contribution in [2.24, 2.45) is 0 Å². The lowest BCUT2D eigenvalue weighted by Crippen LogP contribution is -2.11. The van der Waals surface area contributed by atoms with Crippen molar-refractivity contribution in [3.05, 3.63) is 45.9 Å². The molecule has 19 heavy (non-hydrogen) atoms. The monoisotopic (exact) mass is 279 g/mol. The van der Waals surface area contributed by atoms with Gasteiger partial charge in [-0.2, -0.15) is 5.26 Å². The molecule has 0 aliphatic carbocycles. The zero-order valence-electron chi connectivity index (χ0n) is 10.2. The summed E-state index contributed by atoms with van der Waals surface area (Å²) in [6.45, 7) is 1.93. The van der Waals surface area contributed by atoms with Crippen LogP contribution < -0.4 is 5.32 Å². The summed E-state index contributed by atoms with van der Waals surface area (Å²) in [5, 5.41) is 14.2. The molecule has 0 aliphatic heterocycles. The maximum absolute atomic E-state index is 13.8. The number of hydrogen-bond acceptors (Lipinski definition) is 4. The van der Waals surface area contributed by atoms with Crippen molar-refractivity contribution in [2.45, 2.75) is 19.4 Å². The van der Waals surface area contributed by atoms with E-state index in [2.05, 4.69) is 10.3 Å². The van der Waals surface area contributed by atoms with Gasteiger partial charge in [0.1, 0.15) is 11.1 Å². The maximum atomic E-state index is 13.8. The number of nitriles is 1. The molecular weight excluding hydrogens is 268 g/mol. The van der Waals surface area contributed by atoms with Crippen molar-refractivity contribution in [1.29, 1.82) is 5.26 Å². The first-order valence-corrected chi connectivity index (χ1v) is 6.59. The van der Waals surface area contributed by atoms with Crippen LogP contribution in [0.2, 0.25) is 0 Å². The number of halogens is 2. The van der Waals surface area contributed by atoms with Crippen LogP contribution >= 0.6 is 11.3 Å². The Morgan fingerprint density at radius 1 is 1.42 bits per heavy atom. The number of nitrogens with one attached hydrogen (secondary N) is 1. The van der Waals surface area contributed by atoms with Crippen LogP contribution in [0.15, 0.2) is 23.7 Å². The van der Waals surface area contributed by atoms with Gasteiger partial charge in [0.15, 0.2) is 11.6 Å². The summed E-state index contributed by atoms with van der Waals surface area (Å²) in [4.78, 5) is 4.16. The molecule has 1 N–H and O–H groups in total. The average Bonchev–Trinajstić information content (AvgIpc) is 2.94. The summed E-state index contributed by atoms with van der Waals surface area (Å²) in [6, 6.07) is 4.05. The average molecular weight is 279 g/mol. The zero-order valence-corrected chi connectivity index (χ0v) is 11.0. The lowest BCUT2D eigenvalue weighted by molar-refractivity contribution is 0.507. The molecule has 0 radical (unpaired) electrons. The molecular formula is C13H11F2N3S. The molecule has 98 valence electrons. The lowest BCUT2D eigenvalue weighted by Gasteiger charge is -2.16. The van der Waals surface area contributed by atoms with Gasteiger partial charge >= 0.3 is 0 Å².